The Bertz CT molecular complexity index is 943. The van der Waals surface area contributed by atoms with Crippen LogP contribution >= 0.6 is 0 Å². The zero-order valence-electron chi connectivity index (χ0n) is 16.5. The van der Waals surface area contributed by atoms with Crippen molar-refractivity contribution in [2.45, 2.75) is 19.3 Å². The number of aliphatic hydroxyl groups is 1. The van der Waals surface area contributed by atoms with E-state index in [0.29, 0.717) is 6.42 Å². The number of phenolic OH excluding ortho intramolecular Hbond substituents is 2. The number of aliphatic hydroxyl groups excluding tert-OH is 1. The van der Waals surface area contributed by atoms with Gasteiger partial charge in [-0.15, -0.1) is 0 Å². The van der Waals surface area contributed by atoms with E-state index in [1.54, 1.807) is 24.3 Å². The van der Waals surface area contributed by atoms with E-state index < -0.39 is 0 Å². The van der Waals surface area contributed by atoms with Crippen molar-refractivity contribution in [1.29, 1.82) is 0 Å². The molecule has 3 heteroatoms. The topological polar surface area (TPSA) is 60.7 Å². The molecule has 0 bridgehead atoms. The number of allylic oxidation sites excluding steroid dienone is 5. The lowest BCUT2D eigenvalue weighted by molar-refractivity contribution is 0.300. The molecule has 29 heavy (non-hydrogen) atoms. The molecule has 2 saturated carbocycles. The molecule has 2 aromatic carbocycles. The van der Waals surface area contributed by atoms with Gasteiger partial charge in [0.2, 0.25) is 0 Å². The Kier molecular flexibility index (Phi) is 6.20. The second-order valence-electron chi connectivity index (χ2n) is 7.30. The molecule has 2 fully saturated rings. The third-order valence-electron chi connectivity index (χ3n) is 4.90. The Hall–Kier alpha value is -3.30. The maximum atomic E-state index is 9.56. The maximum absolute atomic E-state index is 9.56. The van der Waals surface area contributed by atoms with Crippen LogP contribution in [-0.2, 0) is 0 Å². The first-order chi connectivity index (χ1) is 13.9. The van der Waals surface area contributed by atoms with Crippen molar-refractivity contribution in [3.63, 3.8) is 0 Å². The van der Waals surface area contributed by atoms with E-state index in [2.05, 4.69) is 25.8 Å². The van der Waals surface area contributed by atoms with E-state index in [9.17, 15) is 15.3 Å². The summed E-state index contributed by atoms with van der Waals surface area (Å²) < 4.78 is 0. The predicted octanol–water partition coefficient (Wildman–Crippen LogP) is 5.67. The Morgan fingerprint density at radius 3 is 1.48 bits per heavy atom. The van der Waals surface area contributed by atoms with Gasteiger partial charge in [0.25, 0.3) is 0 Å². The summed E-state index contributed by atoms with van der Waals surface area (Å²) in [5.74, 6) is 0.419. The summed E-state index contributed by atoms with van der Waals surface area (Å²) in [5.41, 5.74) is 8.68. The Labute approximate surface area is 172 Å². The quantitative estimate of drug-likeness (QED) is 0.620. The molecular weight excluding hydrogens is 360 g/mol. The van der Waals surface area contributed by atoms with Crippen molar-refractivity contribution in [3.8, 4) is 11.5 Å². The first-order valence-electron chi connectivity index (χ1n) is 9.56. The highest BCUT2D eigenvalue weighted by atomic mass is 16.3. The summed E-state index contributed by atoms with van der Waals surface area (Å²) in [5, 5.41) is 28.6. The van der Waals surface area contributed by atoms with E-state index >= 15 is 0 Å². The molecule has 0 radical (unpaired) electrons. The zero-order chi connectivity index (χ0) is 21.0. The first-order valence-corrected chi connectivity index (χ1v) is 9.56. The number of aromatic hydroxyl groups is 2. The van der Waals surface area contributed by atoms with Crippen molar-refractivity contribution >= 4 is 5.57 Å². The molecule has 2 aromatic rings. The van der Waals surface area contributed by atoms with Crippen LogP contribution < -0.4 is 0 Å². The lowest BCUT2D eigenvalue weighted by Crippen LogP contribution is -1.96. The van der Waals surface area contributed by atoms with Crippen LogP contribution in [0.2, 0.25) is 0 Å². The maximum Gasteiger partial charge on any atom is 0.115 e. The second-order valence-corrected chi connectivity index (χ2v) is 7.30. The summed E-state index contributed by atoms with van der Waals surface area (Å²) in [7, 11) is 0. The molecular formula is C26H26O3. The van der Waals surface area contributed by atoms with Crippen LogP contribution in [0.4, 0.5) is 0 Å². The van der Waals surface area contributed by atoms with E-state index in [1.807, 2.05) is 24.3 Å². The normalized spacial score (nSPS) is 15.6. The molecule has 0 amide bonds. The molecule has 2 aliphatic rings. The highest BCUT2D eigenvalue weighted by molar-refractivity contribution is 5.84. The minimum atomic E-state index is 0.0469. The first kappa shape index (κ1) is 20.4. The number of hydrogen-bond donors (Lipinski definition) is 3. The third kappa shape index (κ3) is 5.59. The molecule has 0 spiro atoms. The van der Waals surface area contributed by atoms with Gasteiger partial charge in [-0.1, -0.05) is 50.1 Å². The average Bonchev–Trinajstić information content (AvgIpc) is 3.58. The van der Waals surface area contributed by atoms with E-state index in [-0.39, 0.29) is 18.1 Å². The van der Waals surface area contributed by atoms with Gasteiger partial charge in [0.1, 0.15) is 11.5 Å². The van der Waals surface area contributed by atoms with Gasteiger partial charge in [0.15, 0.2) is 0 Å². The molecule has 3 nitrogen and oxygen atoms in total. The van der Waals surface area contributed by atoms with E-state index in [1.165, 1.54) is 16.7 Å². The Morgan fingerprint density at radius 2 is 1.17 bits per heavy atom. The molecule has 0 atom stereocenters. The molecule has 0 saturated heterocycles. The molecule has 0 aromatic heterocycles. The fourth-order valence-electron chi connectivity index (χ4n) is 2.95. The summed E-state index contributed by atoms with van der Waals surface area (Å²) in [4.78, 5) is 0. The number of hydrogen-bond acceptors (Lipinski definition) is 3. The number of rotatable bonds is 5. The smallest absolute Gasteiger partial charge is 0.115 e. The van der Waals surface area contributed by atoms with Crippen LogP contribution in [0, 0.1) is 0 Å². The summed E-state index contributed by atoms with van der Waals surface area (Å²) in [6.07, 6.45) is 4.61. The van der Waals surface area contributed by atoms with Crippen LogP contribution in [0.3, 0.4) is 0 Å². The van der Waals surface area contributed by atoms with Gasteiger partial charge >= 0.3 is 0 Å². The van der Waals surface area contributed by atoms with Gasteiger partial charge in [-0.3, -0.25) is 0 Å². The van der Waals surface area contributed by atoms with Crippen LogP contribution in [0.1, 0.15) is 30.4 Å². The van der Waals surface area contributed by atoms with Gasteiger partial charge in [0.05, 0.1) is 0 Å². The molecule has 4 rings (SSSR count). The largest absolute Gasteiger partial charge is 0.508 e. The van der Waals surface area contributed by atoms with Crippen molar-refractivity contribution in [3.05, 3.63) is 113 Å². The summed E-state index contributed by atoms with van der Waals surface area (Å²) in [6.45, 7) is 11.3. The molecule has 148 valence electrons. The average molecular weight is 386 g/mol. The SMILES string of the molecule is C=C1C/C1=C\C(CCO)=C(c1ccc(O)cc1)c1ccc(O)cc1.C=C1CC1=C. The molecule has 0 aliphatic heterocycles. The summed E-state index contributed by atoms with van der Waals surface area (Å²) in [6, 6.07) is 14.0. The van der Waals surface area contributed by atoms with Gasteiger partial charge in [-0.05, 0) is 88.1 Å². The lowest BCUT2D eigenvalue weighted by Gasteiger charge is -2.14. The highest BCUT2D eigenvalue weighted by Gasteiger charge is 2.20. The van der Waals surface area contributed by atoms with Crippen LogP contribution in [0.5, 0.6) is 11.5 Å². The highest BCUT2D eigenvalue weighted by Crippen LogP contribution is 2.39. The monoisotopic (exact) mass is 386 g/mol. The molecule has 3 N–H and O–H groups in total. The minimum absolute atomic E-state index is 0.0469. The minimum Gasteiger partial charge on any atom is -0.508 e. The second kappa shape index (κ2) is 8.80. The van der Waals surface area contributed by atoms with Crippen LogP contribution in [0.15, 0.2) is 102 Å². The Balaban J connectivity index is 0.000000419. The van der Waals surface area contributed by atoms with Gasteiger partial charge < -0.3 is 15.3 Å². The third-order valence-corrected chi connectivity index (χ3v) is 4.90. The zero-order valence-corrected chi connectivity index (χ0v) is 16.5. The predicted molar refractivity (Wildman–Crippen MR) is 119 cm³/mol. The van der Waals surface area contributed by atoms with Crippen LogP contribution in [0.25, 0.3) is 5.57 Å². The standard InChI is InChI=1S/C21H20O3.C5H6/c1-14-12-18(14)13-17(10-11-22)21(15-2-6-19(23)7-3-15)16-4-8-20(24)9-5-16;1-4-3-5(4)2/h2-9,13,22-24H,1,10-12H2;1-3H2/b18-13+;. The van der Waals surface area contributed by atoms with E-state index in [0.717, 1.165) is 40.7 Å². The molecule has 0 heterocycles. The van der Waals surface area contributed by atoms with E-state index in [4.69, 9.17) is 0 Å². The van der Waals surface area contributed by atoms with Crippen molar-refractivity contribution in [2.75, 3.05) is 6.61 Å². The summed E-state index contributed by atoms with van der Waals surface area (Å²) >= 11 is 0. The van der Waals surface area contributed by atoms with Crippen molar-refractivity contribution < 1.29 is 15.3 Å². The van der Waals surface area contributed by atoms with Gasteiger partial charge in [0, 0.05) is 6.61 Å². The molecule has 2 aliphatic carbocycles. The van der Waals surface area contributed by atoms with Crippen molar-refractivity contribution in [1.82, 2.24) is 0 Å². The van der Waals surface area contributed by atoms with Gasteiger partial charge in [-0.25, -0.2) is 0 Å². The fourth-order valence-corrected chi connectivity index (χ4v) is 2.95. The van der Waals surface area contributed by atoms with Gasteiger partial charge in [-0.2, -0.15) is 0 Å². The Morgan fingerprint density at radius 1 is 0.759 bits per heavy atom. The number of phenols is 2. The fraction of sp³-hybridized carbons (Fsp3) is 0.154. The van der Waals surface area contributed by atoms with Crippen LogP contribution in [-0.4, -0.2) is 21.9 Å². The molecule has 0 unspecified atom stereocenters. The number of benzene rings is 2. The van der Waals surface area contributed by atoms with Crippen molar-refractivity contribution in [2.24, 2.45) is 0 Å². The lowest BCUT2D eigenvalue weighted by atomic mass is 9.91.